The van der Waals surface area contributed by atoms with Gasteiger partial charge in [-0.05, 0) is 18.2 Å². The molecule has 2 heterocycles. The zero-order chi connectivity index (χ0) is 17.1. The van der Waals surface area contributed by atoms with E-state index in [9.17, 15) is 4.79 Å². The minimum atomic E-state index is -0.473. The van der Waals surface area contributed by atoms with Crippen LogP contribution >= 0.6 is 11.6 Å². The molecule has 24 heavy (non-hydrogen) atoms. The van der Waals surface area contributed by atoms with E-state index in [-0.39, 0.29) is 6.42 Å². The summed E-state index contributed by atoms with van der Waals surface area (Å²) >= 11 is 6.12. The fourth-order valence-electron chi connectivity index (χ4n) is 2.19. The molecule has 1 aromatic carbocycles. The zero-order valence-electron chi connectivity index (χ0n) is 12.7. The SMILES string of the molecule is COc1cc(-c2cc(Cl)ccc2-n2cc(CC(N)=O)nn2)ncn1. The van der Waals surface area contributed by atoms with Crippen LogP contribution in [0.4, 0.5) is 0 Å². The first-order valence-corrected chi connectivity index (χ1v) is 7.30. The number of carbonyl (C=O) groups excluding carboxylic acids is 1. The summed E-state index contributed by atoms with van der Waals surface area (Å²) in [6.45, 7) is 0. The number of primary amides is 1. The number of rotatable bonds is 5. The van der Waals surface area contributed by atoms with E-state index < -0.39 is 5.91 Å². The quantitative estimate of drug-likeness (QED) is 0.749. The van der Waals surface area contributed by atoms with Crippen LogP contribution in [0.15, 0.2) is 36.8 Å². The molecule has 0 radical (unpaired) electrons. The molecule has 2 N–H and O–H groups in total. The second kappa shape index (κ2) is 6.63. The fourth-order valence-corrected chi connectivity index (χ4v) is 2.36. The van der Waals surface area contributed by atoms with E-state index in [0.29, 0.717) is 28.0 Å². The predicted molar refractivity (Wildman–Crippen MR) is 86.8 cm³/mol. The summed E-state index contributed by atoms with van der Waals surface area (Å²) in [7, 11) is 1.53. The highest BCUT2D eigenvalue weighted by Gasteiger charge is 2.13. The Morgan fingerprint density at radius 1 is 1.33 bits per heavy atom. The van der Waals surface area contributed by atoms with Gasteiger partial charge in [-0.2, -0.15) is 0 Å². The van der Waals surface area contributed by atoms with Crippen LogP contribution in [-0.4, -0.2) is 38.0 Å². The van der Waals surface area contributed by atoms with E-state index in [0.717, 1.165) is 5.56 Å². The van der Waals surface area contributed by atoms with Crippen molar-refractivity contribution in [3.05, 3.63) is 47.5 Å². The maximum atomic E-state index is 11.0. The van der Waals surface area contributed by atoms with Crippen LogP contribution in [0.3, 0.4) is 0 Å². The molecule has 3 rings (SSSR count). The minimum absolute atomic E-state index is 0.0181. The number of halogens is 1. The van der Waals surface area contributed by atoms with E-state index in [1.54, 1.807) is 35.1 Å². The number of hydrogen-bond donors (Lipinski definition) is 1. The van der Waals surface area contributed by atoms with Gasteiger partial charge in [0.25, 0.3) is 0 Å². The van der Waals surface area contributed by atoms with Crippen LogP contribution in [0.1, 0.15) is 5.69 Å². The molecule has 0 aliphatic heterocycles. The number of benzene rings is 1. The number of methoxy groups -OCH3 is 1. The topological polar surface area (TPSA) is 109 Å². The molecule has 122 valence electrons. The molecule has 0 bridgehead atoms. The molecule has 0 saturated carbocycles. The molecular formula is C15H13ClN6O2. The van der Waals surface area contributed by atoms with E-state index in [1.165, 1.54) is 13.4 Å². The fraction of sp³-hybridized carbons (Fsp3) is 0.133. The Hall–Kier alpha value is -3.00. The summed E-state index contributed by atoms with van der Waals surface area (Å²) < 4.78 is 6.67. The first kappa shape index (κ1) is 15.9. The predicted octanol–water partition coefficient (Wildman–Crippen LogP) is 1.41. The summed E-state index contributed by atoms with van der Waals surface area (Å²) in [6, 6.07) is 6.97. The number of nitrogens with two attached hydrogens (primary N) is 1. The van der Waals surface area contributed by atoms with Gasteiger partial charge >= 0.3 is 0 Å². The number of aromatic nitrogens is 5. The Kier molecular flexibility index (Phi) is 4.39. The smallest absolute Gasteiger partial charge is 0.223 e. The molecule has 0 aliphatic rings. The highest BCUT2D eigenvalue weighted by molar-refractivity contribution is 6.31. The third kappa shape index (κ3) is 3.33. The summed E-state index contributed by atoms with van der Waals surface area (Å²) in [4.78, 5) is 19.3. The average molecular weight is 345 g/mol. The van der Waals surface area contributed by atoms with Crippen molar-refractivity contribution in [2.45, 2.75) is 6.42 Å². The van der Waals surface area contributed by atoms with Crippen LogP contribution in [0.5, 0.6) is 5.88 Å². The molecule has 0 aliphatic carbocycles. The largest absolute Gasteiger partial charge is 0.481 e. The Balaban J connectivity index is 2.08. The standard InChI is InChI=1S/C15H13ClN6O2/c1-24-15-6-12(18-8-19-15)11-4-9(16)2-3-13(11)22-7-10(20-21-22)5-14(17)23/h2-4,6-8H,5H2,1H3,(H2,17,23). The first-order chi connectivity index (χ1) is 11.6. The number of ether oxygens (including phenoxy) is 1. The van der Waals surface area contributed by atoms with Crippen molar-refractivity contribution >= 4 is 17.5 Å². The van der Waals surface area contributed by atoms with Crippen LogP contribution in [0.2, 0.25) is 5.02 Å². The van der Waals surface area contributed by atoms with E-state index in [1.807, 2.05) is 0 Å². The summed E-state index contributed by atoms with van der Waals surface area (Å²) in [5.41, 5.74) is 7.69. The monoisotopic (exact) mass is 344 g/mol. The zero-order valence-corrected chi connectivity index (χ0v) is 13.4. The van der Waals surface area contributed by atoms with Crippen LogP contribution in [0, 0.1) is 0 Å². The molecule has 0 spiro atoms. The number of carbonyl (C=O) groups is 1. The van der Waals surface area contributed by atoms with E-state index in [4.69, 9.17) is 22.1 Å². The molecule has 0 unspecified atom stereocenters. The lowest BCUT2D eigenvalue weighted by atomic mass is 10.1. The van der Waals surface area contributed by atoms with Gasteiger partial charge in [0.1, 0.15) is 6.33 Å². The lowest BCUT2D eigenvalue weighted by molar-refractivity contribution is -0.117. The van der Waals surface area contributed by atoms with Crippen LogP contribution in [0.25, 0.3) is 16.9 Å². The number of amides is 1. The molecule has 8 nitrogen and oxygen atoms in total. The third-order valence-electron chi connectivity index (χ3n) is 3.23. The highest BCUT2D eigenvalue weighted by Crippen LogP contribution is 2.29. The molecule has 2 aromatic heterocycles. The van der Waals surface area contributed by atoms with Gasteiger partial charge in [-0.15, -0.1) is 5.10 Å². The van der Waals surface area contributed by atoms with Crippen molar-refractivity contribution in [3.63, 3.8) is 0 Å². The molecule has 3 aromatic rings. The van der Waals surface area contributed by atoms with Gasteiger partial charge in [0, 0.05) is 16.7 Å². The molecule has 0 atom stereocenters. The van der Waals surface area contributed by atoms with Gasteiger partial charge in [-0.3, -0.25) is 4.79 Å². The number of hydrogen-bond acceptors (Lipinski definition) is 6. The van der Waals surface area contributed by atoms with Gasteiger partial charge in [0.2, 0.25) is 11.8 Å². The Morgan fingerprint density at radius 3 is 2.92 bits per heavy atom. The van der Waals surface area contributed by atoms with E-state index in [2.05, 4.69) is 20.3 Å². The summed E-state index contributed by atoms with van der Waals surface area (Å²) in [5, 5.41) is 8.53. The second-order valence-electron chi connectivity index (χ2n) is 4.90. The van der Waals surface area contributed by atoms with Crippen LogP contribution in [-0.2, 0) is 11.2 Å². The van der Waals surface area contributed by atoms with Gasteiger partial charge in [-0.1, -0.05) is 16.8 Å². The molecule has 0 fully saturated rings. The molecular weight excluding hydrogens is 332 g/mol. The maximum Gasteiger partial charge on any atom is 0.223 e. The van der Waals surface area contributed by atoms with Crippen molar-refractivity contribution in [2.24, 2.45) is 5.73 Å². The molecule has 1 amide bonds. The van der Waals surface area contributed by atoms with Crippen LogP contribution < -0.4 is 10.5 Å². The first-order valence-electron chi connectivity index (χ1n) is 6.92. The van der Waals surface area contributed by atoms with Gasteiger partial charge < -0.3 is 10.5 Å². The number of nitrogens with zero attached hydrogens (tertiary/aromatic N) is 5. The van der Waals surface area contributed by atoms with Gasteiger partial charge in [0.15, 0.2) is 0 Å². The van der Waals surface area contributed by atoms with Crippen molar-refractivity contribution in [3.8, 4) is 22.8 Å². The lowest BCUT2D eigenvalue weighted by Gasteiger charge is -2.09. The Bertz CT molecular complexity index is 895. The Labute approximate surface area is 142 Å². The lowest BCUT2D eigenvalue weighted by Crippen LogP contribution is -2.13. The normalized spacial score (nSPS) is 10.6. The average Bonchev–Trinajstić information content (AvgIpc) is 3.02. The van der Waals surface area contributed by atoms with Crippen molar-refractivity contribution < 1.29 is 9.53 Å². The second-order valence-corrected chi connectivity index (χ2v) is 5.34. The van der Waals surface area contributed by atoms with Crippen molar-refractivity contribution in [1.29, 1.82) is 0 Å². The van der Waals surface area contributed by atoms with E-state index >= 15 is 0 Å². The summed E-state index contributed by atoms with van der Waals surface area (Å²) in [6.07, 6.45) is 3.05. The van der Waals surface area contributed by atoms with Gasteiger partial charge in [-0.25, -0.2) is 14.6 Å². The van der Waals surface area contributed by atoms with Crippen molar-refractivity contribution in [2.75, 3.05) is 7.11 Å². The van der Waals surface area contributed by atoms with Crippen molar-refractivity contribution in [1.82, 2.24) is 25.0 Å². The third-order valence-corrected chi connectivity index (χ3v) is 3.46. The molecule has 9 heteroatoms. The Morgan fingerprint density at radius 2 is 2.17 bits per heavy atom. The summed E-state index contributed by atoms with van der Waals surface area (Å²) in [5.74, 6) is -0.0437. The minimum Gasteiger partial charge on any atom is -0.481 e. The van der Waals surface area contributed by atoms with Gasteiger partial charge in [0.05, 0.1) is 36.8 Å². The highest BCUT2D eigenvalue weighted by atomic mass is 35.5. The maximum absolute atomic E-state index is 11.0. The molecule has 0 saturated heterocycles.